The zero-order valence-corrected chi connectivity index (χ0v) is 13.5. The topological polar surface area (TPSA) is 38.3 Å². The van der Waals surface area contributed by atoms with Gasteiger partial charge in [0.1, 0.15) is 5.75 Å². The smallest absolute Gasteiger partial charge is 0.262 e. The standard InChI is InChI=1S/C17H16ClNO2S/c1-2-10-22-16-9-4-3-8-15(16)19-17(20)12-21-14-7-5-6-13(18)11-14/h2-9,11H,1,10,12H2,(H,19,20). The van der Waals surface area contributed by atoms with E-state index in [2.05, 4.69) is 11.9 Å². The van der Waals surface area contributed by atoms with Crippen LogP contribution in [0.1, 0.15) is 0 Å². The molecule has 0 saturated carbocycles. The molecule has 2 aromatic carbocycles. The summed E-state index contributed by atoms with van der Waals surface area (Å²) in [6, 6.07) is 14.6. The summed E-state index contributed by atoms with van der Waals surface area (Å²) < 4.78 is 5.42. The second-order valence-corrected chi connectivity index (χ2v) is 5.89. The third-order valence-electron chi connectivity index (χ3n) is 2.68. The molecule has 0 aliphatic heterocycles. The molecule has 2 aromatic rings. The van der Waals surface area contributed by atoms with Crippen LogP contribution in [0.25, 0.3) is 0 Å². The van der Waals surface area contributed by atoms with Gasteiger partial charge in [0.05, 0.1) is 5.69 Å². The third kappa shape index (κ3) is 5.13. The first-order valence-corrected chi connectivity index (χ1v) is 8.06. The predicted molar refractivity (Wildman–Crippen MR) is 92.9 cm³/mol. The average Bonchev–Trinajstić information content (AvgIpc) is 2.52. The lowest BCUT2D eigenvalue weighted by molar-refractivity contribution is -0.118. The zero-order chi connectivity index (χ0) is 15.8. The number of carbonyl (C=O) groups is 1. The average molecular weight is 334 g/mol. The Balaban J connectivity index is 1.93. The first kappa shape index (κ1) is 16.5. The molecule has 3 nitrogen and oxygen atoms in total. The van der Waals surface area contributed by atoms with E-state index in [9.17, 15) is 4.79 Å². The lowest BCUT2D eigenvalue weighted by Gasteiger charge is -2.11. The van der Waals surface area contributed by atoms with Gasteiger partial charge in [-0.05, 0) is 30.3 Å². The largest absolute Gasteiger partial charge is 0.484 e. The number of para-hydroxylation sites is 1. The minimum absolute atomic E-state index is 0.0686. The Hall–Kier alpha value is -1.91. The summed E-state index contributed by atoms with van der Waals surface area (Å²) >= 11 is 7.48. The Morgan fingerprint density at radius 3 is 2.86 bits per heavy atom. The maximum absolute atomic E-state index is 12.0. The molecule has 0 aromatic heterocycles. The van der Waals surface area contributed by atoms with Crippen molar-refractivity contribution in [2.45, 2.75) is 4.90 Å². The van der Waals surface area contributed by atoms with Gasteiger partial charge in [0.2, 0.25) is 0 Å². The number of carbonyl (C=O) groups excluding carboxylic acids is 1. The first-order valence-electron chi connectivity index (χ1n) is 6.70. The number of hydrogen-bond acceptors (Lipinski definition) is 3. The number of hydrogen-bond donors (Lipinski definition) is 1. The van der Waals surface area contributed by atoms with Gasteiger partial charge in [-0.25, -0.2) is 0 Å². The van der Waals surface area contributed by atoms with E-state index in [0.29, 0.717) is 10.8 Å². The second-order valence-electron chi connectivity index (χ2n) is 4.39. The van der Waals surface area contributed by atoms with Crippen LogP contribution in [-0.2, 0) is 4.79 Å². The third-order valence-corrected chi connectivity index (χ3v) is 3.99. The SMILES string of the molecule is C=CCSc1ccccc1NC(=O)COc1cccc(Cl)c1. The van der Waals surface area contributed by atoms with Crippen LogP contribution in [0.5, 0.6) is 5.75 Å². The van der Waals surface area contributed by atoms with Crippen molar-refractivity contribution in [1.82, 2.24) is 0 Å². The van der Waals surface area contributed by atoms with Gasteiger partial charge >= 0.3 is 0 Å². The van der Waals surface area contributed by atoms with Gasteiger partial charge in [-0.3, -0.25) is 4.79 Å². The summed E-state index contributed by atoms with van der Waals surface area (Å²) in [5.41, 5.74) is 0.772. The molecule has 0 aliphatic rings. The van der Waals surface area contributed by atoms with Crippen LogP contribution < -0.4 is 10.1 Å². The van der Waals surface area contributed by atoms with E-state index in [-0.39, 0.29) is 12.5 Å². The zero-order valence-electron chi connectivity index (χ0n) is 11.9. The molecule has 0 atom stereocenters. The molecule has 0 bridgehead atoms. The lowest BCUT2D eigenvalue weighted by Crippen LogP contribution is -2.20. The monoisotopic (exact) mass is 333 g/mol. The quantitative estimate of drug-likeness (QED) is 0.592. The number of nitrogens with one attached hydrogen (secondary N) is 1. The molecule has 1 N–H and O–H groups in total. The minimum Gasteiger partial charge on any atom is -0.484 e. The second kappa shape index (κ2) is 8.51. The fourth-order valence-electron chi connectivity index (χ4n) is 1.74. The number of amides is 1. The van der Waals surface area contributed by atoms with E-state index >= 15 is 0 Å². The van der Waals surface area contributed by atoms with Crippen LogP contribution in [0, 0.1) is 0 Å². The van der Waals surface area contributed by atoms with Crippen LogP contribution in [0.2, 0.25) is 5.02 Å². The van der Waals surface area contributed by atoms with E-state index in [4.69, 9.17) is 16.3 Å². The van der Waals surface area contributed by atoms with E-state index in [1.165, 1.54) is 0 Å². The maximum atomic E-state index is 12.0. The molecule has 0 aliphatic carbocycles. The Labute approximate surface area is 139 Å². The van der Waals surface area contributed by atoms with Gasteiger partial charge in [0.25, 0.3) is 5.91 Å². The molecule has 0 fully saturated rings. The number of benzene rings is 2. The summed E-state index contributed by atoms with van der Waals surface area (Å²) in [6.45, 7) is 3.63. The number of rotatable bonds is 7. The Bertz CT molecular complexity index is 661. The number of thioether (sulfide) groups is 1. The van der Waals surface area contributed by atoms with Gasteiger partial charge in [0, 0.05) is 15.7 Å². The number of anilines is 1. The van der Waals surface area contributed by atoms with Crippen molar-refractivity contribution >= 4 is 35.0 Å². The highest BCUT2D eigenvalue weighted by molar-refractivity contribution is 7.99. The molecule has 0 saturated heterocycles. The highest BCUT2D eigenvalue weighted by Crippen LogP contribution is 2.27. The van der Waals surface area contributed by atoms with E-state index < -0.39 is 0 Å². The Kier molecular flexibility index (Phi) is 6.37. The van der Waals surface area contributed by atoms with Crippen molar-refractivity contribution < 1.29 is 9.53 Å². The summed E-state index contributed by atoms with van der Waals surface area (Å²) in [5.74, 6) is 1.13. The van der Waals surface area contributed by atoms with Gasteiger partial charge in [-0.2, -0.15) is 0 Å². The summed E-state index contributed by atoms with van der Waals surface area (Å²) in [5, 5.41) is 3.43. The van der Waals surface area contributed by atoms with Gasteiger partial charge in [0.15, 0.2) is 6.61 Å². The van der Waals surface area contributed by atoms with Crippen LogP contribution in [0.3, 0.4) is 0 Å². The summed E-state index contributed by atoms with van der Waals surface area (Å²) in [4.78, 5) is 13.0. The Morgan fingerprint density at radius 2 is 2.09 bits per heavy atom. The molecule has 5 heteroatoms. The molecule has 0 heterocycles. The maximum Gasteiger partial charge on any atom is 0.262 e. The van der Waals surface area contributed by atoms with Crippen LogP contribution in [-0.4, -0.2) is 18.3 Å². The molecular formula is C17H16ClNO2S. The van der Waals surface area contributed by atoms with E-state index in [1.807, 2.05) is 30.3 Å². The molecule has 1 amide bonds. The lowest BCUT2D eigenvalue weighted by atomic mass is 10.3. The van der Waals surface area contributed by atoms with Gasteiger partial charge in [-0.15, -0.1) is 18.3 Å². The van der Waals surface area contributed by atoms with Crippen LogP contribution in [0.15, 0.2) is 66.1 Å². The number of halogens is 1. The normalized spacial score (nSPS) is 10.0. The predicted octanol–water partition coefficient (Wildman–Crippen LogP) is 4.64. The number of ether oxygens (including phenoxy) is 1. The minimum atomic E-state index is -0.216. The fraction of sp³-hybridized carbons (Fsp3) is 0.118. The van der Waals surface area contributed by atoms with Crippen LogP contribution >= 0.6 is 23.4 Å². The van der Waals surface area contributed by atoms with Crippen molar-refractivity contribution in [3.05, 3.63) is 66.2 Å². The van der Waals surface area contributed by atoms with Crippen molar-refractivity contribution in [1.29, 1.82) is 0 Å². The molecular weight excluding hydrogens is 318 g/mol. The van der Waals surface area contributed by atoms with Gasteiger partial charge in [-0.1, -0.05) is 35.9 Å². The summed E-state index contributed by atoms with van der Waals surface area (Å²) in [6.07, 6.45) is 1.82. The molecule has 0 spiro atoms. The molecule has 22 heavy (non-hydrogen) atoms. The van der Waals surface area contributed by atoms with Crippen molar-refractivity contribution in [3.8, 4) is 5.75 Å². The van der Waals surface area contributed by atoms with Crippen molar-refractivity contribution in [2.75, 3.05) is 17.7 Å². The fourth-order valence-corrected chi connectivity index (χ4v) is 2.66. The first-order chi connectivity index (χ1) is 10.7. The van der Waals surface area contributed by atoms with Crippen LogP contribution in [0.4, 0.5) is 5.69 Å². The highest BCUT2D eigenvalue weighted by atomic mass is 35.5. The molecule has 2 rings (SSSR count). The van der Waals surface area contributed by atoms with Crippen molar-refractivity contribution in [3.63, 3.8) is 0 Å². The van der Waals surface area contributed by atoms with E-state index in [0.717, 1.165) is 16.3 Å². The Morgan fingerprint density at radius 1 is 1.27 bits per heavy atom. The molecule has 0 unspecified atom stereocenters. The summed E-state index contributed by atoms with van der Waals surface area (Å²) in [7, 11) is 0. The van der Waals surface area contributed by atoms with Gasteiger partial charge < -0.3 is 10.1 Å². The van der Waals surface area contributed by atoms with Crippen molar-refractivity contribution in [2.24, 2.45) is 0 Å². The highest BCUT2D eigenvalue weighted by Gasteiger charge is 2.07. The molecule has 114 valence electrons. The molecule has 0 radical (unpaired) electrons. The van der Waals surface area contributed by atoms with E-state index in [1.54, 1.807) is 36.0 Å².